The van der Waals surface area contributed by atoms with Crippen molar-refractivity contribution in [3.05, 3.63) is 35.9 Å². The number of carbonyl (C=O) groups is 1. The van der Waals surface area contributed by atoms with Crippen LogP contribution < -0.4 is 5.32 Å². The molecule has 21 heavy (non-hydrogen) atoms. The van der Waals surface area contributed by atoms with Crippen LogP contribution >= 0.6 is 0 Å². The van der Waals surface area contributed by atoms with E-state index in [0.717, 1.165) is 13.0 Å². The summed E-state index contributed by atoms with van der Waals surface area (Å²) < 4.78 is 0. The molecule has 3 nitrogen and oxygen atoms in total. The summed E-state index contributed by atoms with van der Waals surface area (Å²) in [5.41, 5.74) is 1.34. The highest BCUT2D eigenvalue weighted by atomic mass is 16.2. The summed E-state index contributed by atoms with van der Waals surface area (Å²) in [6, 6.07) is 11.0. The molecule has 1 amide bonds. The van der Waals surface area contributed by atoms with Crippen LogP contribution in [0.15, 0.2) is 30.3 Å². The van der Waals surface area contributed by atoms with Gasteiger partial charge in [-0.1, -0.05) is 49.6 Å². The van der Waals surface area contributed by atoms with Gasteiger partial charge in [0.15, 0.2) is 0 Å². The van der Waals surface area contributed by atoms with E-state index < -0.39 is 0 Å². The highest BCUT2D eigenvalue weighted by molar-refractivity contribution is 5.83. The minimum Gasteiger partial charge on any atom is -0.344 e. The number of rotatable bonds is 4. The second kappa shape index (κ2) is 6.61. The molecule has 2 atom stereocenters. The van der Waals surface area contributed by atoms with Gasteiger partial charge in [0.2, 0.25) is 5.91 Å². The van der Waals surface area contributed by atoms with Crippen molar-refractivity contribution in [3.63, 3.8) is 0 Å². The van der Waals surface area contributed by atoms with E-state index in [4.69, 9.17) is 0 Å². The van der Waals surface area contributed by atoms with Gasteiger partial charge in [-0.15, -0.1) is 0 Å². The predicted molar refractivity (Wildman–Crippen MR) is 84.9 cm³/mol. The first-order chi connectivity index (χ1) is 10.3. The Bertz CT molecular complexity index is 467. The summed E-state index contributed by atoms with van der Waals surface area (Å²) in [5.74, 6) is 0.923. The molecule has 1 saturated carbocycles. The quantitative estimate of drug-likeness (QED) is 0.922. The van der Waals surface area contributed by atoms with Crippen molar-refractivity contribution in [1.29, 1.82) is 0 Å². The van der Waals surface area contributed by atoms with Crippen LogP contribution in [0.5, 0.6) is 0 Å². The average molecular weight is 286 g/mol. The molecule has 1 aromatic rings. The fourth-order valence-corrected chi connectivity index (χ4v) is 3.83. The van der Waals surface area contributed by atoms with Gasteiger partial charge >= 0.3 is 0 Å². The van der Waals surface area contributed by atoms with Crippen molar-refractivity contribution in [1.82, 2.24) is 10.2 Å². The lowest BCUT2D eigenvalue weighted by molar-refractivity contribution is -0.128. The molecule has 114 valence electrons. The topological polar surface area (TPSA) is 32.3 Å². The molecular weight excluding hydrogens is 260 g/mol. The van der Waals surface area contributed by atoms with Gasteiger partial charge in [0.1, 0.15) is 0 Å². The van der Waals surface area contributed by atoms with Crippen LogP contribution in [-0.4, -0.2) is 30.4 Å². The van der Waals surface area contributed by atoms with E-state index in [0.29, 0.717) is 12.0 Å². The van der Waals surface area contributed by atoms with Crippen molar-refractivity contribution in [2.75, 3.05) is 13.6 Å². The summed E-state index contributed by atoms with van der Waals surface area (Å²) in [7, 11) is 1.90. The first-order valence-electron chi connectivity index (χ1n) is 8.31. The number of hydrogen-bond acceptors (Lipinski definition) is 2. The SMILES string of the molecule is CN1CCC(NC(c2ccccc2)C2CCCCC2)C1=O. The number of likely N-dealkylation sites (N-methyl/N-ethyl adjacent to an activating group) is 1. The number of hydrogen-bond donors (Lipinski definition) is 1. The first kappa shape index (κ1) is 14.6. The zero-order valence-electron chi connectivity index (χ0n) is 12.9. The van der Waals surface area contributed by atoms with E-state index >= 15 is 0 Å². The Morgan fingerprint density at radius 2 is 1.81 bits per heavy atom. The Labute approximate surface area is 127 Å². The third-order valence-electron chi connectivity index (χ3n) is 5.09. The molecule has 1 aliphatic heterocycles. The summed E-state index contributed by atoms with van der Waals surface area (Å²) in [5, 5.41) is 3.69. The summed E-state index contributed by atoms with van der Waals surface area (Å²) >= 11 is 0. The lowest BCUT2D eigenvalue weighted by atomic mass is 9.81. The van der Waals surface area contributed by atoms with Gasteiger partial charge < -0.3 is 4.90 Å². The third-order valence-corrected chi connectivity index (χ3v) is 5.09. The molecule has 0 radical (unpaired) electrons. The van der Waals surface area contributed by atoms with Crippen molar-refractivity contribution in [2.24, 2.45) is 5.92 Å². The van der Waals surface area contributed by atoms with Gasteiger partial charge in [-0.2, -0.15) is 0 Å². The van der Waals surface area contributed by atoms with Crippen molar-refractivity contribution >= 4 is 5.91 Å². The fraction of sp³-hybridized carbons (Fsp3) is 0.611. The van der Waals surface area contributed by atoms with Gasteiger partial charge in [-0.25, -0.2) is 0 Å². The molecule has 2 unspecified atom stereocenters. The zero-order chi connectivity index (χ0) is 14.7. The van der Waals surface area contributed by atoms with Crippen LogP contribution in [0.2, 0.25) is 0 Å². The second-order valence-electron chi connectivity index (χ2n) is 6.55. The van der Waals surface area contributed by atoms with Crippen molar-refractivity contribution in [3.8, 4) is 0 Å². The molecule has 1 N–H and O–H groups in total. The molecule has 2 aliphatic rings. The Morgan fingerprint density at radius 3 is 2.43 bits per heavy atom. The predicted octanol–water partition coefficient (Wildman–Crippen LogP) is 3.13. The third kappa shape index (κ3) is 3.29. The number of nitrogens with zero attached hydrogens (tertiary/aromatic N) is 1. The van der Waals surface area contributed by atoms with Crippen LogP contribution in [0.4, 0.5) is 0 Å². The van der Waals surface area contributed by atoms with E-state index in [1.807, 2.05) is 11.9 Å². The number of likely N-dealkylation sites (tertiary alicyclic amines) is 1. The van der Waals surface area contributed by atoms with Crippen molar-refractivity contribution in [2.45, 2.75) is 50.6 Å². The molecule has 3 heteroatoms. The molecule has 0 aromatic heterocycles. The molecule has 2 fully saturated rings. The molecular formula is C18H26N2O. The van der Waals surface area contributed by atoms with Gasteiger partial charge in [-0.05, 0) is 30.7 Å². The van der Waals surface area contributed by atoms with Gasteiger partial charge in [-0.3, -0.25) is 10.1 Å². The van der Waals surface area contributed by atoms with Crippen LogP contribution in [0, 0.1) is 5.92 Å². The number of carbonyl (C=O) groups excluding carboxylic acids is 1. The van der Waals surface area contributed by atoms with Crippen LogP contribution in [0.3, 0.4) is 0 Å². The van der Waals surface area contributed by atoms with Crippen LogP contribution in [0.25, 0.3) is 0 Å². The lowest BCUT2D eigenvalue weighted by Gasteiger charge is -2.33. The Morgan fingerprint density at radius 1 is 1.10 bits per heavy atom. The highest BCUT2D eigenvalue weighted by Gasteiger charge is 2.34. The van der Waals surface area contributed by atoms with E-state index in [1.54, 1.807) is 0 Å². The minimum absolute atomic E-state index is 0.00197. The summed E-state index contributed by atoms with van der Waals surface area (Å²) in [6.07, 6.45) is 7.52. The molecule has 0 spiro atoms. The normalized spacial score (nSPS) is 25.3. The molecule has 1 aliphatic carbocycles. The summed E-state index contributed by atoms with van der Waals surface area (Å²) in [6.45, 7) is 0.878. The van der Waals surface area contributed by atoms with Crippen molar-refractivity contribution < 1.29 is 4.79 Å². The average Bonchev–Trinajstić information content (AvgIpc) is 2.86. The fourth-order valence-electron chi connectivity index (χ4n) is 3.83. The number of amides is 1. The van der Waals surface area contributed by atoms with E-state index in [-0.39, 0.29) is 11.9 Å². The molecule has 0 bridgehead atoms. The van der Waals surface area contributed by atoms with Gasteiger partial charge in [0.25, 0.3) is 0 Å². The zero-order valence-corrected chi connectivity index (χ0v) is 12.9. The molecule has 1 aromatic carbocycles. The van der Waals surface area contributed by atoms with Gasteiger partial charge in [0, 0.05) is 19.6 Å². The molecule has 3 rings (SSSR count). The Hall–Kier alpha value is -1.35. The monoisotopic (exact) mass is 286 g/mol. The van der Waals surface area contributed by atoms with E-state index in [9.17, 15) is 4.79 Å². The standard InChI is InChI=1S/C18H26N2O/c1-20-13-12-16(18(20)21)19-17(14-8-4-2-5-9-14)15-10-6-3-7-11-15/h2,4-5,8-9,15-17,19H,3,6-7,10-13H2,1H3. The minimum atomic E-state index is 0.00197. The van der Waals surface area contributed by atoms with E-state index in [1.165, 1.54) is 37.7 Å². The number of nitrogens with one attached hydrogen (secondary N) is 1. The van der Waals surface area contributed by atoms with Crippen LogP contribution in [-0.2, 0) is 4.79 Å². The first-order valence-corrected chi connectivity index (χ1v) is 8.31. The van der Waals surface area contributed by atoms with Gasteiger partial charge in [0.05, 0.1) is 6.04 Å². The maximum atomic E-state index is 12.2. The Balaban J connectivity index is 1.77. The molecule has 1 saturated heterocycles. The van der Waals surface area contributed by atoms with Crippen LogP contribution in [0.1, 0.15) is 50.1 Å². The second-order valence-corrected chi connectivity index (χ2v) is 6.55. The summed E-state index contributed by atoms with van der Waals surface area (Å²) in [4.78, 5) is 14.1. The number of benzene rings is 1. The highest BCUT2D eigenvalue weighted by Crippen LogP contribution is 2.35. The molecule has 1 heterocycles. The maximum absolute atomic E-state index is 12.2. The maximum Gasteiger partial charge on any atom is 0.239 e. The largest absolute Gasteiger partial charge is 0.344 e. The lowest BCUT2D eigenvalue weighted by Crippen LogP contribution is -2.42. The van der Waals surface area contributed by atoms with E-state index in [2.05, 4.69) is 35.6 Å². The smallest absolute Gasteiger partial charge is 0.239 e. The Kier molecular flexibility index (Phi) is 4.59.